The molecular formula is C15H22O2. The van der Waals surface area contributed by atoms with Gasteiger partial charge in [0.1, 0.15) is 5.75 Å². The van der Waals surface area contributed by atoms with Crippen LogP contribution >= 0.6 is 0 Å². The molecule has 0 amide bonds. The first-order chi connectivity index (χ1) is 8.00. The van der Waals surface area contributed by atoms with E-state index in [1.807, 2.05) is 12.1 Å². The Morgan fingerprint density at radius 3 is 2.06 bits per heavy atom. The molecule has 0 radical (unpaired) electrons. The Kier molecular flexibility index (Phi) is 3.43. The predicted molar refractivity (Wildman–Crippen MR) is 69.1 cm³/mol. The van der Waals surface area contributed by atoms with Gasteiger partial charge >= 0.3 is 0 Å². The molecule has 0 aliphatic heterocycles. The summed E-state index contributed by atoms with van der Waals surface area (Å²) in [5.74, 6) is 0.944. The molecule has 94 valence electrons. The molecule has 1 aromatic rings. The molecule has 0 aromatic heterocycles. The van der Waals surface area contributed by atoms with E-state index in [0.29, 0.717) is 11.7 Å². The van der Waals surface area contributed by atoms with E-state index in [4.69, 9.17) is 0 Å². The van der Waals surface area contributed by atoms with Crippen molar-refractivity contribution in [1.82, 2.24) is 0 Å². The van der Waals surface area contributed by atoms with Crippen LogP contribution in [0.15, 0.2) is 24.3 Å². The Hall–Kier alpha value is -1.02. The molecule has 0 atom stereocenters. The van der Waals surface area contributed by atoms with Gasteiger partial charge in [0.2, 0.25) is 0 Å². The number of aliphatic hydroxyl groups excluding tert-OH is 1. The van der Waals surface area contributed by atoms with Gasteiger partial charge in [0, 0.05) is 0 Å². The Bertz CT molecular complexity index is 359. The van der Waals surface area contributed by atoms with Crippen LogP contribution in [-0.4, -0.2) is 16.3 Å². The van der Waals surface area contributed by atoms with Gasteiger partial charge in [0.05, 0.1) is 6.10 Å². The van der Waals surface area contributed by atoms with Crippen LogP contribution in [0.25, 0.3) is 0 Å². The van der Waals surface area contributed by atoms with Crippen molar-refractivity contribution in [3.63, 3.8) is 0 Å². The Morgan fingerprint density at radius 1 is 1.00 bits per heavy atom. The number of benzene rings is 1. The molecule has 1 fully saturated rings. The van der Waals surface area contributed by atoms with Crippen LogP contribution in [0.2, 0.25) is 0 Å². The van der Waals surface area contributed by atoms with Gasteiger partial charge in [0.15, 0.2) is 0 Å². The zero-order valence-corrected chi connectivity index (χ0v) is 10.7. The third kappa shape index (κ3) is 2.63. The third-order valence-electron chi connectivity index (χ3n) is 4.33. The average molecular weight is 234 g/mol. The fraction of sp³-hybridized carbons (Fsp3) is 0.600. The monoisotopic (exact) mass is 234 g/mol. The smallest absolute Gasteiger partial charge is 0.115 e. The number of aromatic hydroxyl groups is 1. The summed E-state index contributed by atoms with van der Waals surface area (Å²) in [6.07, 6.45) is 3.93. The van der Waals surface area contributed by atoms with E-state index in [-0.39, 0.29) is 11.5 Å². The summed E-state index contributed by atoms with van der Waals surface area (Å²) in [5.41, 5.74) is 1.39. The first kappa shape index (κ1) is 12.4. The van der Waals surface area contributed by atoms with Crippen LogP contribution in [0.1, 0.15) is 45.1 Å². The molecular weight excluding hydrogens is 212 g/mol. The quantitative estimate of drug-likeness (QED) is 0.825. The van der Waals surface area contributed by atoms with Gasteiger partial charge in [-0.25, -0.2) is 0 Å². The van der Waals surface area contributed by atoms with E-state index >= 15 is 0 Å². The van der Waals surface area contributed by atoms with Gasteiger partial charge in [-0.05, 0) is 54.7 Å². The van der Waals surface area contributed by atoms with Gasteiger partial charge in [-0.1, -0.05) is 26.0 Å². The number of rotatable bonds is 2. The lowest BCUT2D eigenvalue weighted by Crippen LogP contribution is -2.33. The minimum Gasteiger partial charge on any atom is -0.508 e. The number of aliphatic hydroxyl groups is 1. The predicted octanol–water partition coefficient (Wildman–Crippen LogP) is 3.22. The van der Waals surface area contributed by atoms with Gasteiger partial charge in [-0.3, -0.25) is 0 Å². The molecule has 1 aromatic carbocycles. The maximum absolute atomic E-state index is 9.57. The Morgan fingerprint density at radius 2 is 1.53 bits per heavy atom. The summed E-state index contributed by atoms with van der Waals surface area (Å²) in [6.45, 7) is 4.53. The summed E-state index contributed by atoms with van der Waals surface area (Å²) in [7, 11) is 0. The van der Waals surface area contributed by atoms with Crippen molar-refractivity contribution in [1.29, 1.82) is 0 Å². The maximum atomic E-state index is 9.57. The molecule has 0 bridgehead atoms. The highest BCUT2D eigenvalue weighted by Gasteiger charge is 2.33. The minimum absolute atomic E-state index is 0.0955. The van der Waals surface area contributed by atoms with E-state index in [1.54, 1.807) is 12.1 Å². The average Bonchev–Trinajstić information content (AvgIpc) is 2.30. The molecule has 2 heteroatoms. The number of hydrogen-bond acceptors (Lipinski definition) is 2. The van der Waals surface area contributed by atoms with Crippen molar-refractivity contribution in [2.75, 3.05) is 0 Å². The normalized spacial score (nSPS) is 25.8. The van der Waals surface area contributed by atoms with Crippen LogP contribution in [0.4, 0.5) is 0 Å². The zero-order chi connectivity index (χ0) is 12.5. The SMILES string of the molecule is CC(C)(c1ccc(O)cc1)C1CCC(O)CC1. The highest BCUT2D eigenvalue weighted by atomic mass is 16.3. The second kappa shape index (κ2) is 4.69. The highest BCUT2D eigenvalue weighted by Crippen LogP contribution is 2.40. The molecule has 0 heterocycles. The van der Waals surface area contributed by atoms with Crippen molar-refractivity contribution in [2.45, 2.75) is 51.0 Å². The lowest BCUT2D eigenvalue weighted by molar-refractivity contribution is 0.0880. The van der Waals surface area contributed by atoms with Crippen molar-refractivity contribution in [3.8, 4) is 5.75 Å². The molecule has 0 spiro atoms. The van der Waals surface area contributed by atoms with Gasteiger partial charge in [-0.2, -0.15) is 0 Å². The van der Waals surface area contributed by atoms with Gasteiger partial charge in [-0.15, -0.1) is 0 Å². The van der Waals surface area contributed by atoms with Crippen LogP contribution in [0, 0.1) is 5.92 Å². The van der Waals surface area contributed by atoms with E-state index in [9.17, 15) is 10.2 Å². The standard InChI is InChI=1S/C15H22O2/c1-15(2,11-3-7-13(16)8-4-11)12-5-9-14(17)10-6-12/h3-4,7-8,12,14,16-17H,5-6,9-10H2,1-2H3. The zero-order valence-electron chi connectivity index (χ0n) is 10.7. The first-order valence-corrected chi connectivity index (χ1v) is 6.47. The molecule has 1 aliphatic carbocycles. The van der Waals surface area contributed by atoms with Gasteiger partial charge in [0.25, 0.3) is 0 Å². The van der Waals surface area contributed by atoms with E-state index in [0.717, 1.165) is 25.7 Å². The lowest BCUT2D eigenvalue weighted by atomic mass is 9.67. The fourth-order valence-electron chi connectivity index (χ4n) is 2.92. The number of phenolic OH excluding ortho intramolecular Hbond substituents is 1. The maximum Gasteiger partial charge on any atom is 0.115 e. The fourth-order valence-corrected chi connectivity index (χ4v) is 2.92. The largest absolute Gasteiger partial charge is 0.508 e. The topological polar surface area (TPSA) is 40.5 Å². The summed E-state index contributed by atoms with van der Waals surface area (Å²) < 4.78 is 0. The van der Waals surface area contributed by atoms with E-state index in [2.05, 4.69) is 13.8 Å². The molecule has 17 heavy (non-hydrogen) atoms. The van der Waals surface area contributed by atoms with Crippen LogP contribution in [-0.2, 0) is 5.41 Å². The molecule has 2 rings (SSSR count). The van der Waals surface area contributed by atoms with Crippen molar-refractivity contribution in [2.24, 2.45) is 5.92 Å². The van der Waals surface area contributed by atoms with Crippen LogP contribution in [0.3, 0.4) is 0 Å². The summed E-state index contributed by atoms with van der Waals surface area (Å²) in [6, 6.07) is 7.55. The van der Waals surface area contributed by atoms with Crippen LogP contribution in [0.5, 0.6) is 5.75 Å². The van der Waals surface area contributed by atoms with E-state index in [1.165, 1.54) is 5.56 Å². The Balaban J connectivity index is 2.15. The third-order valence-corrected chi connectivity index (χ3v) is 4.33. The number of hydrogen-bond donors (Lipinski definition) is 2. The van der Waals surface area contributed by atoms with Gasteiger partial charge < -0.3 is 10.2 Å². The van der Waals surface area contributed by atoms with E-state index < -0.39 is 0 Å². The summed E-state index contributed by atoms with van der Waals surface area (Å²) in [4.78, 5) is 0. The lowest BCUT2D eigenvalue weighted by Gasteiger charge is -2.38. The summed E-state index contributed by atoms with van der Waals surface area (Å²) in [5, 5.41) is 18.9. The first-order valence-electron chi connectivity index (χ1n) is 6.47. The van der Waals surface area contributed by atoms with Crippen molar-refractivity contribution >= 4 is 0 Å². The molecule has 1 saturated carbocycles. The van der Waals surface area contributed by atoms with Crippen LogP contribution < -0.4 is 0 Å². The molecule has 2 nitrogen and oxygen atoms in total. The van der Waals surface area contributed by atoms with Crippen molar-refractivity contribution < 1.29 is 10.2 Å². The molecule has 2 N–H and O–H groups in total. The molecule has 0 unspecified atom stereocenters. The van der Waals surface area contributed by atoms with Crippen molar-refractivity contribution in [3.05, 3.63) is 29.8 Å². The highest BCUT2D eigenvalue weighted by molar-refractivity contribution is 5.31. The Labute approximate surface area is 103 Å². The second-order valence-electron chi connectivity index (χ2n) is 5.77. The number of phenols is 1. The second-order valence-corrected chi connectivity index (χ2v) is 5.77. The minimum atomic E-state index is -0.0955. The summed E-state index contributed by atoms with van der Waals surface area (Å²) >= 11 is 0. The molecule has 1 aliphatic rings. The molecule has 0 saturated heterocycles.